The van der Waals surface area contributed by atoms with Crippen LogP contribution < -0.4 is 5.32 Å². The van der Waals surface area contributed by atoms with E-state index < -0.39 is 0 Å². The monoisotopic (exact) mass is 240 g/mol. The smallest absolute Gasteiger partial charge is 0.243 e. The summed E-state index contributed by atoms with van der Waals surface area (Å²) in [5, 5.41) is 2.68. The van der Waals surface area contributed by atoms with Crippen molar-refractivity contribution in [2.45, 2.75) is 46.6 Å². The molecule has 0 aromatic heterocycles. The Balaban J connectivity index is 2.76. The van der Waals surface area contributed by atoms with Crippen LogP contribution in [0.15, 0.2) is 0 Å². The van der Waals surface area contributed by atoms with Gasteiger partial charge in [0.05, 0.1) is 6.54 Å². The molecule has 1 aliphatic rings. The summed E-state index contributed by atoms with van der Waals surface area (Å²) in [6.45, 7) is 9.20. The lowest BCUT2D eigenvalue weighted by atomic mass is 9.94. The third-order valence-corrected chi connectivity index (χ3v) is 3.47. The van der Waals surface area contributed by atoms with Gasteiger partial charge >= 0.3 is 0 Å². The molecule has 1 saturated heterocycles. The topological polar surface area (TPSA) is 49.4 Å². The number of amides is 2. The van der Waals surface area contributed by atoms with Gasteiger partial charge in [0.25, 0.3) is 0 Å². The van der Waals surface area contributed by atoms with E-state index in [9.17, 15) is 9.59 Å². The highest BCUT2D eigenvalue weighted by Gasteiger charge is 2.36. The first-order valence-electron chi connectivity index (χ1n) is 6.54. The molecule has 1 aliphatic heterocycles. The normalized spacial score (nSPS) is 22.9. The van der Waals surface area contributed by atoms with Gasteiger partial charge in [-0.25, -0.2) is 0 Å². The fourth-order valence-corrected chi connectivity index (χ4v) is 2.12. The lowest BCUT2D eigenvalue weighted by Crippen LogP contribution is -2.60. The van der Waals surface area contributed by atoms with E-state index in [-0.39, 0.29) is 30.3 Å². The fourth-order valence-electron chi connectivity index (χ4n) is 2.12. The van der Waals surface area contributed by atoms with Gasteiger partial charge in [-0.1, -0.05) is 34.1 Å². The lowest BCUT2D eigenvalue weighted by molar-refractivity contribution is -0.147. The highest BCUT2D eigenvalue weighted by atomic mass is 16.2. The van der Waals surface area contributed by atoms with Crippen molar-refractivity contribution in [3.63, 3.8) is 0 Å². The minimum atomic E-state index is -0.278. The van der Waals surface area contributed by atoms with Gasteiger partial charge in [-0.05, 0) is 18.3 Å². The quantitative estimate of drug-likeness (QED) is 0.790. The van der Waals surface area contributed by atoms with Gasteiger partial charge in [0.15, 0.2) is 0 Å². The molecule has 4 heteroatoms. The molecule has 1 fully saturated rings. The second-order valence-electron chi connectivity index (χ2n) is 5.32. The molecule has 0 bridgehead atoms. The largest absolute Gasteiger partial charge is 0.345 e. The summed E-state index contributed by atoms with van der Waals surface area (Å²) in [5.74, 6) is 0.815. The van der Waals surface area contributed by atoms with Gasteiger partial charge in [0, 0.05) is 6.54 Å². The molecule has 1 rings (SSSR count). The van der Waals surface area contributed by atoms with E-state index in [1.165, 1.54) is 0 Å². The van der Waals surface area contributed by atoms with Crippen LogP contribution in [0.25, 0.3) is 0 Å². The Kier molecular flexibility index (Phi) is 4.97. The highest BCUT2D eigenvalue weighted by Crippen LogP contribution is 2.19. The van der Waals surface area contributed by atoms with Crippen molar-refractivity contribution in [3.05, 3.63) is 0 Å². The molecule has 0 aliphatic carbocycles. The summed E-state index contributed by atoms with van der Waals surface area (Å²) in [4.78, 5) is 25.6. The molecule has 1 N–H and O–H groups in total. The van der Waals surface area contributed by atoms with Crippen molar-refractivity contribution in [1.82, 2.24) is 10.2 Å². The molecule has 0 aromatic rings. The molecule has 17 heavy (non-hydrogen) atoms. The van der Waals surface area contributed by atoms with E-state index in [0.717, 1.165) is 12.8 Å². The van der Waals surface area contributed by atoms with Gasteiger partial charge in [-0.15, -0.1) is 0 Å². The maximum absolute atomic E-state index is 11.9. The van der Waals surface area contributed by atoms with Crippen LogP contribution >= 0.6 is 0 Å². The Morgan fingerprint density at radius 1 is 1.35 bits per heavy atom. The molecule has 2 amide bonds. The van der Waals surface area contributed by atoms with E-state index in [2.05, 4.69) is 26.1 Å². The Morgan fingerprint density at radius 3 is 2.53 bits per heavy atom. The predicted octanol–water partition coefficient (Wildman–Crippen LogP) is 1.41. The van der Waals surface area contributed by atoms with Crippen molar-refractivity contribution in [2.75, 3.05) is 13.1 Å². The Hall–Kier alpha value is -1.06. The average molecular weight is 240 g/mol. The Bertz CT molecular complexity index is 289. The molecule has 2 atom stereocenters. The van der Waals surface area contributed by atoms with Crippen molar-refractivity contribution in [1.29, 1.82) is 0 Å². The second kappa shape index (κ2) is 6.03. The molecule has 0 radical (unpaired) electrons. The first-order valence-corrected chi connectivity index (χ1v) is 6.54. The van der Waals surface area contributed by atoms with Gasteiger partial charge < -0.3 is 10.2 Å². The molecule has 1 heterocycles. The van der Waals surface area contributed by atoms with Crippen molar-refractivity contribution in [3.8, 4) is 0 Å². The summed E-state index contributed by atoms with van der Waals surface area (Å²) in [6, 6.07) is -0.278. The maximum Gasteiger partial charge on any atom is 0.243 e. The van der Waals surface area contributed by atoms with Crippen LogP contribution in [0.2, 0.25) is 0 Å². The number of hydrogen-bond acceptors (Lipinski definition) is 2. The lowest BCUT2D eigenvalue weighted by Gasteiger charge is -2.38. The standard InChI is InChI=1S/C13H24N2O2/c1-5-10(4)12-13(17)14-8-11(16)15(12)7-6-9(2)3/h9-10,12H,5-8H2,1-4H3,(H,14,17). The van der Waals surface area contributed by atoms with E-state index in [4.69, 9.17) is 0 Å². The van der Waals surface area contributed by atoms with Crippen molar-refractivity contribution in [2.24, 2.45) is 11.8 Å². The number of rotatable bonds is 5. The molecule has 0 saturated carbocycles. The molecule has 4 nitrogen and oxygen atoms in total. The summed E-state index contributed by atoms with van der Waals surface area (Å²) in [6.07, 6.45) is 1.86. The number of nitrogens with one attached hydrogen (secondary N) is 1. The zero-order valence-electron chi connectivity index (χ0n) is 11.3. The summed E-state index contributed by atoms with van der Waals surface area (Å²) < 4.78 is 0. The molecular weight excluding hydrogens is 216 g/mol. The van der Waals surface area contributed by atoms with Crippen LogP contribution in [-0.2, 0) is 9.59 Å². The van der Waals surface area contributed by atoms with Crippen LogP contribution in [0.3, 0.4) is 0 Å². The van der Waals surface area contributed by atoms with Crippen LogP contribution in [0.5, 0.6) is 0 Å². The van der Waals surface area contributed by atoms with Gasteiger partial charge in [0.2, 0.25) is 11.8 Å². The number of carbonyl (C=O) groups is 2. The number of hydrogen-bond donors (Lipinski definition) is 1. The minimum absolute atomic E-state index is 0.00251. The summed E-state index contributed by atoms with van der Waals surface area (Å²) >= 11 is 0. The average Bonchev–Trinajstić information content (AvgIpc) is 2.28. The maximum atomic E-state index is 11.9. The van der Waals surface area contributed by atoms with Crippen LogP contribution in [0, 0.1) is 11.8 Å². The van der Waals surface area contributed by atoms with E-state index >= 15 is 0 Å². The zero-order valence-corrected chi connectivity index (χ0v) is 11.3. The first kappa shape index (κ1) is 14.0. The molecule has 0 spiro atoms. The Labute approximate surface area is 104 Å². The molecule has 98 valence electrons. The van der Waals surface area contributed by atoms with E-state index in [1.807, 2.05) is 6.92 Å². The first-order chi connectivity index (χ1) is 7.97. The van der Waals surface area contributed by atoms with Crippen LogP contribution in [0.1, 0.15) is 40.5 Å². The molecular formula is C13H24N2O2. The number of piperazine rings is 1. The predicted molar refractivity (Wildman–Crippen MR) is 67.4 cm³/mol. The third-order valence-electron chi connectivity index (χ3n) is 3.47. The van der Waals surface area contributed by atoms with Gasteiger partial charge in [-0.2, -0.15) is 0 Å². The third kappa shape index (κ3) is 3.45. The van der Waals surface area contributed by atoms with Crippen LogP contribution in [0.4, 0.5) is 0 Å². The van der Waals surface area contributed by atoms with Crippen molar-refractivity contribution >= 4 is 11.8 Å². The zero-order chi connectivity index (χ0) is 13.0. The Morgan fingerprint density at radius 2 is 2.00 bits per heavy atom. The summed E-state index contributed by atoms with van der Waals surface area (Å²) in [7, 11) is 0. The second-order valence-corrected chi connectivity index (χ2v) is 5.32. The molecule has 0 aromatic carbocycles. The van der Waals surface area contributed by atoms with Gasteiger partial charge in [0.1, 0.15) is 6.04 Å². The number of carbonyl (C=O) groups excluding carboxylic acids is 2. The number of nitrogens with zero attached hydrogens (tertiary/aromatic N) is 1. The SMILES string of the molecule is CCC(C)C1C(=O)NCC(=O)N1CCC(C)C. The van der Waals surface area contributed by atoms with Crippen molar-refractivity contribution < 1.29 is 9.59 Å². The highest BCUT2D eigenvalue weighted by molar-refractivity contribution is 5.94. The summed E-state index contributed by atoms with van der Waals surface area (Å²) in [5.41, 5.74) is 0. The van der Waals surface area contributed by atoms with Crippen LogP contribution in [-0.4, -0.2) is 35.8 Å². The van der Waals surface area contributed by atoms with E-state index in [0.29, 0.717) is 12.5 Å². The fraction of sp³-hybridized carbons (Fsp3) is 0.846. The van der Waals surface area contributed by atoms with Gasteiger partial charge in [-0.3, -0.25) is 9.59 Å². The molecule has 2 unspecified atom stereocenters. The minimum Gasteiger partial charge on any atom is -0.345 e. The van der Waals surface area contributed by atoms with E-state index in [1.54, 1.807) is 4.90 Å².